The molecule has 0 radical (unpaired) electrons. The van der Waals surface area contributed by atoms with Crippen LogP contribution in [0.2, 0.25) is 5.02 Å². The van der Waals surface area contributed by atoms with Crippen LogP contribution in [-0.4, -0.2) is 18.4 Å². The maximum atomic E-state index is 12.9. The van der Waals surface area contributed by atoms with E-state index in [1.165, 1.54) is 0 Å². The molecule has 2 aromatic carbocycles. The van der Waals surface area contributed by atoms with Gasteiger partial charge in [0.25, 0.3) is 11.8 Å². The van der Waals surface area contributed by atoms with E-state index in [2.05, 4.69) is 0 Å². The van der Waals surface area contributed by atoms with Gasteiger partial charge < -0.3 is 4.74 Å². The van der Waals surface area contributed by atoms with Crippen molar-refractivity contribution in [2.24, 2.45) is 0 Å². The van der Waals surface area contributed by atoms with Gasteiger partial charge in [-0.1, -0.05) is 41.4 Å². The first-order valence-electron chi connectivity index (χ1n) is 7.72. The van der Waals surface area contributed by atoms with Crippen molar-refractivity contribution in [2.45, 2.75) is 13.8 Å². The summed E-state index contributed by atoms with van der Waals surface area (Å²) in [7, 11) is 0. The van der Waals surface area contributed by atoms with Crippen LogP contribution in [0.4, 0.5) is 5.69 Å². The van der Waals surface area contributed by atoms with E-state index in [0.717, 1.165) is 4.90 Å². The Balaban J connectivity index is 2.01. The van der Waals surface area contributed by atoms with E-state index in [1.807, 2.05) is 6.92 Å². The van der Waals surface area contributed by atoms with Gasteiger partial charge in [0.2, 0.25) is 0 Å². The van der Waals surface area contributed by atoms with Crippen molar-refractivity contribution in [1.29, 1.82) is 0 Å². The summed E-state index contributed by atoms with van der Waals surface area (Å²) >= 11 is 12.3. The number of nitrogens with zero attached hydrogens (tertiary/aromatic N) is 1. The third-order valence-electron chi connectivity index (χ3n) is 3.96. The second kappa shape index (κ2) is 6.90. The number of ether oxygens (including phenoxy) is 1. The molecule has 0 atom stereocenters. The monoisotopic (exact) mass is 375 g/mol. The number of imide groups is 1. The Labute approximate surface area is 155 Å². The lowest BCUT2D eigenvalue weighted by Crippen LogP contribution is -2.31. The van der Waals surface area contributed by atoms with Crippen LogP contribution in [0.3, 0.4) is 0 Å². The highest BCUT2D eigenvalue weighted by Gasteiger charge is 2.39. The van der Waals surface area contributed by atoms with Gasteiger partial charge in [-0.25, -0.2) is 4.90 Å². The highest BCUT2D eigenvalue weighted by atomic mass is 35.5. The van der Waals surface area contributed by atoms with Crippen molar-refractivity contribution in [2.75, 3.05) is 11.5 Å². The molecule has 25 heavy (non-hydrogen) atoms. The molecule has 128 valence electrons. The zero-order valence-electron chi connectivity index (χ0n) is 13.7. The zero-order valence-corrected chi connectivity index (χ0v) is 15.2. The first-order chi connectivity index (χ1) is 12.0. The average molecular weight is 376 g/mol. The van der Waals surface area contributed by atoms with Crippen LogP contribution >= 0.6 is 23.2 Å². The standard InChI is InChI=1S/C19H15Cl2NO3/c1-3-25-13-9-7-12(8-10-13)16-17(21)19(24)22(18(16)23)15-6-4-5-14(20)11(15)2/h4-10H,3H2,1-2H3. The number of carbonyl (C=O) groups is 2. The topological polar surface area (TPSA) is 46.6 Å². The highest BCUT2D eigenvalue weighted by molar-refractivity contribution is 6.60. The molecule has 0 saturated heterocycles. The largest absolute Gasteiger partial charge is 0.494 e. The summed E-state index contributed by atoms with van der Waals surface area (Å²) in [5.41, 5.74) is 1.81. The van der Waals surface area contributed by atoms with Gasteiger partial charge in [0.05, 0.1) is 17.9 Å². The highest BCUT2D eigenvalue weighted by Crippen LogP contribution is 2.37. The van der Waals surface area contributed by atoms with E-state index in [-0.39, 0.29) is 10.6 Å². The molecular weight excluding hydrogens is 361 g/mol. The lowest BCUT2D eigenvalue weighted by molar-refractivity contribution is -0.119. The summed E-state index contributed by atoms with van der Waals surface area (Å²) in [5.74, 6) is -0.340. The lowest BCUT2D eigenvalue weighted by atomic mass is 10.1. The minimum Gasteiger partial charge on any atom is -0.494 e. The molecule has 0 unspecified atom stereocenters. The number of benzene rings is 2. The molecule has 6 heteroatoms. The van der Waals surface area contributed by atoms with Crippen LogP contribution in [0.25, 0.3) is 5.57 Å². The summed E-state index contributed by atoms with van der Waals surface area (Å²) < 4.78 is 5.39. The predicted molar refractivity (Wildman–Crippen MR) is 99.1 cm³/mol. The first kappa shape index (κ1) is 17.5. The van der Waals surface area contributed by atoms with Crippen molar-refractivity contribution >= 4 is 46.3 Å². The minimum absolute atomic E-state index is 0.103. The van der Waals surface area contributed by atoms with Gasteiger partial charge in [0.15, 0.2) is 0 Å². The van der Waals surface area contributed by atoms with E-state index >= 15 is 0 Å². The van der Waals surface area contributed by atoms with Crippen molar-refractivity contribution in [1.82, 2.24) is 0 Å². The Morgan fingerprint density at radius 2 is 1.68 bits per heavy atom. The van der Waals surface area contributed by atoms with Gasteiger partial charge in [-0.2, -0.15) is 0 Å². The van der Waals surface area contributed by atoms with Gasteiger partial charge in [0.1, 0.15) is 10.8 Å². The van der Waals surface area contributed by atoms with Crippen LogP contribution < -0.4 is 9.64 Å². The summed E-state index contributed by atoms with van der Waals surface area (Å²) in [5, 5.41) is 0.372. The quantitative estimate of drug-likeness (QED) is 0.735. The second-order valence-electron chi connectivity index (χ2n) is 5.48. The molecule has 0 aliphatic carbocycles. The molecule has 3 rings (SSSR count). The van der Waals surface area contributed by atoms with Crippen molar-refractivity contribution < 1.29 is 14.3 Å². The summed E-state index contributed by atoms with van der Waals surface area (Å²) in [6.45, 7) is 4.18. The van der Waals surface area contributed by atoms with Crippen molar-refractivity contribution in [3.63, 3.8) is 0 Å². The van der Waals surface area contributed by atoms with Gasteiger partial charge in [-0.05, 0) is 49.2 Å². The third-order valence-corrected chi connectivity index (χ3v) is 4.72. The lowest BCUT2D eigenvalue weighted by Gasteiger charge is -2.18. The number of halogens is 2. The fourth-order valence-electron chi connectivity index (χ4n) is 2.69. The fraction of sp³-hybridized carbons (Fsp3) is 0.158. The molecule has 1 heterocycles. The number of amides is 2. The van der Waals surface area contributed by atoms with Crippen LogP contribution in [0.15, 0.2) is 47.5 Å². The molecule has 0 aromatic heterocycles. The maximum Gasteiger partial charge on any atom is 0.277 e. The molecule has 0 spiro atoms. The average Bonchev–Trinajstić information content (AvgIpc) is 2.81. The smallest absolute Gasteiger partial charge is 0.277 e. The Morgan fingerprint density at radius 1 is 1.00 bits per heavy atom. The molecule has 4 nitrogen and oxygen atoms in total. The molecule has 0 N–H and O–H groups in total. The number of hydrogen-bond acceptors (Lipinski definition) is 3. The SMILES string of the molecule is CCOc1ccc(C2=C(Cl)C(=O)N(c3cccc(Cl)c3C)C2=O)cc1. The first-order valence-corrected chi connectivity index (χ1v) is 8.48. The van der Waals surface area contributed by atoms with Crippen LogP contribution in [0.1, 0.15) is 18.1 Å². The summed E-state index contributed by atoms with van der Waals surface area (Å²) in [6, 6.07) is 12.0. The third kappa shape index (κ3) is 3.03. The molecule has 2 amide bonds. The normalized spacial score (nSPS) is 14.5. The Morgan fingerprint density at radius 3 is 2.32 bits per heavy atom. The van der Waals surface area contributed by atoms with Gasteiger partial charge >= 0.3 is 0 Å². The number of carbonyl (C=O) groups excluding carboxylic acids is 2. The van der Waals surface area contributed by atoms with E-state index in [9.17, 15) is 9.59 Å². The molecule has 2 aromatic rings. The second-order valence-corrected chi connectivity index (χ2v) is 6.26. The minimum atomic E-state index is -0.555. The zero-order chi connectivity index (χ0) is 18.1. The predicted octanol–water partition coefficient (Wildman–Crippen LogP) is 4.57. The number of hydrogen-bond donors (Lipinski definition) is 0. The Kier molecular flexibility index (Phi) is 4.84. The van der Waals surface area contributed by atoms with Crippen molar-refractivity contribution in [3.8, 4) is 5.75 Å². The van der Waals surface area contributed by atoms with Gasteiger partial charge in [-0.3, -0.25) is 9.59 Å². The molecule has 0 bridgehead atoms. The maximum absolute atomic E-state index is 12.9. The van der Waals surface area contributed by atoms with Gasteiger partial charge in [-0.15, -0.1) is 0 Å². The Bertz CT molecular complexity index is 888. The van der Waals surface area contributed by atoms with Crippen LogP contribution in [0.5, 0.6) is 5.75 Å². The summed E-state index contributed by atoms with van der Waals surface area (Å²) in [4.78, 5) is 26.5. The number of anilines is 1. The van der Waals surface area contributed by atoms with Crippen molar-refractivity contribution in [3.05, 3.63) is 63.6 Å². The van der Waals surface area contributed by atoms with E-state index in [0.29, 0.717) is 34.2 Å². The van der Waals surface area contributed by atoms with E-state index in [4.69, 9.17) is 27.9 Å². The molecule has 0 fully saturated rings. The molecule has 0 saturated carbocycles. The van der Waals surface area contributed by atoms with E-state index in [1.54, 1.807) is 49.4 Å². The molecular formula is C19H15Cl2NO3. The van der Waals surface area contributed by atoms with Gasteiger partial charge in [0, 0.05) is 5.02 Å². The van der Waals surface area contributed by atoms with Crippen LogP contribution in [0, 0.1) is 6.92 Å². The molecule has 1 aliphatic heterocycles. The fourth-order valence-corrected chi connectivity index (χ4v) is 3.14. The summed E-state index contributed by atoms with van der Waals surface area (Å²) in [6.07, 6.45) is 0. The van der Waals surface area contributed by atoms with Crippen LogP contribution in [-0.2, 0) is 9.59 Å². The molecule has 1 aliphatic rings. The Hall–Kier alpha value is -2.30. The van der Waals surface area contributed by atoms with E-state index < -0.39 is 11.8 Å². The number of rotatable bonds is 4.